The predicted molar refractivity (Wildman–Crippen MR) is 72.6 cm³/mol. The highest BCUT2D eigenvalue weighted by molar-refractivity contribution is 7.07. The third-order valence-electron chi connectivity index (χ3n) is 2.63. The van der Waals surface area contributed by atoms with Crippen molar-refractivity contribution < 1.29 is 15.0 Å². The van der Waals surface area contributed by atoms with E-state index in [1.54, 1.807) is 5.51 Å². The van der Waals surface area contributed by atoms with E-state index in [4.69, 9.17) is 0 Å². The first-order valence-corrected chi connectivity index (χ1v) is 6.61. The van der Waals surface area contributed by atoms with Gasteiger partial charge in [-0.2, -0.15) is 0 Å². The minimum absolute atomic E-state index is 0.118. The Kier molecular flexibility index (Phi) is 4.13. The quantitative estimate of drug-likeness (QED) is 0.645. The zero-order valence-electron chi connectivity index (χ0n) is 10.4. The van der Waals surface area contributed by atoms with Crippen LogP contribution in [0.5, 0.6) is 11.5 Å². The first-order valence-electron chi connectivity index (χ1n) is 5.67. The standard InChI is InChI=1S/C13H14N2O3S/c1-15(5-10-7-19-8-14-10)6-13(18)9-2-3-11(16)12(17)4-9/h2-4,7-8,16-17H,5-6H2,1H3. The smallest absolute Gasteiger partial charge is 0.176 e. The molecule has 1 heterocycles. The van der Waals surface area contributed by atoms with Crippen LogP contribution in [0.25, 0.3) is 0 Å². The largest absolute Gasteiger partial charge is 0.504 e. The second-order valence-electron chi connectivity index (χ2n) is 4.28. The van der Waals surface area contributed by atoms with Crippen LogP contribution < -0.4 is 0 Å². The second kappa shape index (κ2) is 5.81. The number of rotatable bonds is 5. The number of aromatic hydroxyl groups is 2. The molecule has 0 saturated carbocycles. The summed E-state index contributed by atoms with van der Waals surface area (Å²) < 4.78 is 0. The van der Waals surface area contributed by atoms with Gasteiger partial charge in [0.1, 0.15) is 0 Å². The molecule has 6 heteroatoms. The van der Waals surface area contributed by atoms with E-state index >= 15 is 0 Å². The van der Waals surface area contributed by atoms with Crippen molar-refractivity contribution in [3.8, 4) is 11.5 Å². The fourth-order valence-electron chi connectivity index (χ4n) is 1.68. The molecular formula is C13H14N2O3S. The second-order valence-corrected chi connectivity index (χ2v) is 5.00. The summed E-state index contributed by atoms with van der Waals surface area (Å²) in [5.41, 5.74) is 3.05. The number of carbonyl (C=O) groups is 1. The molecule has 19 heavy (non-hydrogen) atoms. The lowest BCUT2D eigenvalue weighted by Gasteiger charge is -2.14. The Bertz CT molecular complexity index is 569. The van der Waals surface area contributed by atoms with Crippen LogP contribution in [0.15, 0.2) is 29.1 Å². The fraction of sp³-hybridized carbons (Fsp3) is 0.231. The van der Waals surface area contributed by atoms with Gasteiger partial charge in [0.15, 0.2) is 17.3 Å². The van der Waals surface area contributed by atoms with Crippen LogP contribution in [0.1, 0.15) is 16.1 Å². The van der Waals surface area contributed by atoms with Gasteiger partial charge in [-0.3, -0.25) is 9.69 Å². The number of phenols is 2. The minimum Gasteiger partial charge on any atom is -0.504 e. The van der Waals surface area contributed by atoms with Gasteiger partial charge >= 0.3 is 0 Å². The van der Waals surface area contributed by atoms with Crippen LogP contribution in [0, 0.1) is 0 Å². The summed E-state index contributed by atoms with van der Waals surface area (Å²) in [4.78, 5) is 18.0. The van der Waals surface area contributed by atoms with E-state index in [0.29, 0.717) is 12.1 Å². The van der Waals surface area contributed by atoms with Gasteiger partial charge < -0.3 is 10.2 Å². The number of benzene rings is 1. The third kappa shape index (κ3) is 3.52. The molecule has 0 bridgehead atoms. The van der Waals surface area contributed by atoms with Gasteiger partial charge in [0, 0.05) is 17.5 Å². The average molecular weight is 278 g/mol. The normalized spacial score (nSPS) is 10.8. The number of ketones is 1. The van der Waals surface area contributed by atoms with Crippen molar-refractivity contribution in [1.82, 2.24) is 9.88 Å². The Hall–Kier alpha value is -1.92. The number of aromatic nitrogens is 1. The van der Waals surface area contributed by atoms with E-state index < -0.39 is 0 Å². The predicted octanol–water partition coefficient (Wildman–Crippen LogP) is 1.87. The molecule has 0 amide bonds. The average Bonchev–Trinajstić information content (AvgIpc) is 2.85. The number of Topliss-reactive ketones (excluding diaryl/α,β-unsaturated/α-hetero) is 1. The van der Waals surface area contributed by atoms with Gasteiger partial charge in [-0.05, 0) is 25.2 Å². The van der Waals surface area contributed by atoms with E-state index in [1.807, 2.05) is 17.3 Å². The maximum Gasteiger partial charge on any atom is 0.176 e. The molecule has 0 aliphatic heterocycles. The molecule has 0 aliphatic carbocycles. The monoisotopic (exact) mass is 278 g/mol. The molecule has 0 fully saturated rings. The molecule has 0 unspecified atom stereocenters. The molecule has 2 N–H and O–H groups in total. The first-order chi connectivity index (χ1) is 9.06. The van der Waals surface area contributed by atoms with E-state index in [2.05, 4.69) is 4.98 Å². The van der Waals surface area contributed by atoms with Crippen LogP contribution in [-0.2, 0) is 6.54 Å². The van der Waals surface area contributed by atoms with Crippen molar-refractivity contribution in [1.29, 1.82) is 0 Å². The van der Waals surface area contributed by atoms with Crippen LogP contribution in [-0.4, -0.2) is 39.5 Å². The van der Waals surface area contributed by atoms with E-state index in [-0.39, 0.29) is 23.8 Å². The van der Waals surface area contributed by atoms with Crippen LogP contribution >= 0.6 is 11.3 Å². The summed E-state index contributed by atoms with van der Waals surface area (Å²) in [5, 5.41) is 20.5. The molecule has 5 nitrogen and oxygen atoms in total. The van der Waals surface area contributed by atoms with Gasteiger partial charge in [0.05, 0.1) is 17.7 Å². The minimum atomic E-state index is -0.284. The van der Waals surface area contributed by atoms with Gasteiger partial charge in [-0.15, -0.1) is 11.3 Å². The molecule has 1 aromatic carbocycles. The van der Waals surface area contributed by atoms with Crippen LogP contribution in [0.2, 0.25) is 0 Å². The molecule has 2 aromatic rings. The molecule has 0 saturated heterocycles. The SMILES string of the molecule is CN(CC(=O)c1ccc(O)c(O)c1)Cc1cscn1. The van der Waals surface area contributed by atoms with Gasteiger partial charge in [0.25, 0.3) is 0 Å². The highest BCUT2D eigenvalue weighted by atomic mass is 32.1. The summed E-state index contributed by atoms with van der Waals surface area (Å²) in [6, 6.07) is 4.07. The van der Waals surface area contributed by atoms with Gasteiger partial charge in [-0.1, -0.05) is 0 Å². The van der Waals surface area contributed by atoms with Crippen molar-refractivity contribution >= 4 is 17.1 Å². The summed E-state index contributed by atoms with van der Waals surface area (Å²) >= 11 is 1.52. The molecule has 100 valence electrons. The van der Waals surface area contributed by atoms with Crippen molar-refractivity contribution in [3.63, 3.8) is 0 Å². The van der Waals surface area contributed by atoms with Crippen LogP contribution in [0.3, 0.4) is 0 Å². The summed E-state index contributed by atoms with van der Waals surface area (Å²) in [5.74, 6) is -0.631. The highest BCUT2D eigenvalue weighted by Crippen LogP contribution is 2.25. The van der Waals surface area contributed by atoms with E-state index in [0.717, 1.165) is 5.69 Å². The lowest BCUT2D eigenvalue weighted by Crippen LogP contribution is -2.25. The number of hydrogen-bond donors (Lipinski definition) is 2. The maximum atomic E-state index is 12.0. The number of hydrogen-bond acceptors (Lipinski definition) is 6. The molecule has 0 radical (unpaired) electrons. The van der Waals surface area contributed by atoms with E-state index in [1.165, 1.54) is 29.5 Å². The molecule has 0 aliphatic rings. The van der Waals surface area contributed by atoms with Crippen LogP contribution in [0.4, 0.5) is 0 Å². The van der Waals surface area contributed by atoms with Gasteiger partial charge in [0.2, 0.25) is 0 Å². The Morgan fingerprint density at radius 3 is 2.79 bits per heavy atom. The molecular weight excluding hydrogens is 264 g/mol. The summed E-state index contributed by atoms with van der Waals surface area (Å²) in [6.07, 6.45) is 0. The third-order valence-corrected chi connectivity index (χ3v) is 3.26. The number of likely N-dealkylation sites (N-methyl/N-ethyl adjacent to an activating group) is 1. The highest BCUT2D eigenvalue weighted by Gasteiger charge is 2.12. The van der Waals surface area contributed by atoms with E-state index in [9.17, 15) is 15.0 Å². The molecule has 0 atom stereocenters. The number of thiazole rings is 1. The molecule has 0 spiro atoms. The molecule has 2 rings (SSSR count). The first kappa shape index (κ1) is 13.5. The number of nitrogens with zero attached hydrogens (tertiary/aromatic N) is 2. The van der Waals surface area contributed by atoms with Gasteiger partial charge in [-0.25, -0.2) is 4.98 Å². The van der Waals surface area contributed by atoms with Crippen molar-refractivity contribution in [2.75, 3.05) is 13.6 Å². The van der Waals surface area contributed by atoms with Crippen molar-refractivity contribution in [2.24, 2.45) is 0 Å². The number of carbonyl (C=O) groups excluding carboxylic acids is 1. The van der Waals surface area contributed by atoms with Crippen molar-refractivity contribution in [3.05, 3.63) is 40.3 Å². The Morgan fingerprint density at radius 1 is 1.37 bits per heavy atom. The Labute approximate surface area is 114 Å². The zero-order valence-corrected chi connectivity index (χ0v) is 11.2. The summed E-state index contributed by atoms with van der Waals surface area (Å²) in [7, 11) is 1.83. The fourth-order valence-corrected chi connectivity index (χ4v) is 2.23. The summed E-state index contributed by atoms with van der Waals surface area (Å²) in [6.45, 7) is 0.820. The number of phenolic OH excluding ortho intramolecular Hbond substituents is 2. The maximum absolute atomic E-state index is 12.0. The lowest BCUT2D eigenvalue weighted by atomic mass is 10.1. The lowest BCUT2D eigenvalue weighted by molar-refractivity contribution is 0.0942. The topological polar surface area (TPSA) is 73.7 Å². The Balaban J connectivity index is 1.98. The zero-order chi connectivity index (χ0) is 13.8. The Morgan fingerprint density at radius 2 is 2.16 bits per heavy atom. The molecule has 1 aromatic heterocycles. The van der Waals surface area contributed by atoms with Crippen molar-refractivity contribution in [2.45, 2.75) is 6.54 Å².